The maximum Gasteiger partial charge on any atom is 0.436 e. The minimum absolute atomic E-state index is 0.0339. The molecule has 0 saturated carbocycles. The Labute approximate surface area is 94.9 Å². The third kappa shape index (κ3) is 2.68. The summed E-state index contributed by atoms with van der Waals surface area (Å²) in [6, 6.07) is 0. The molecule has 0 aromatic heterocycles. The lowest BCUT2D eigenvalue weighted by Gasteiger charge is -2.36. The van der Waals surface area contributed by atoms with Crippen molar-refractivity contribution < 1.29 is 32.6 Å². The predicted molar refractivity (Wildman–Crippen MR) is 48.5 cm³/mol. The Morgan fingerprint density at radius 1 is 1.65 bits per heavy atom. The second-order valence-corrected chi connectivity index (χ2v) is 3.69. The average Bonchev–Trinajstić information content (AvgIpc) is 2.16. The van der Waals surface area contributed by atoms with Gasteiger partial charge in [-0.05, 0) is 13.3 Å². The summed E-state index contributed by atoms with van der Waals surface area (Å²) >= 11 is 0. The molecule has 98 valence electrons. The zero-order chi connectivity index (χ0) is 13.3. The van der Waals surface area contributed by atoms with Crippen LogP contribution in [0.1, 0.15) is 19.8 Å². The molecule has 0 radical (unpaired) electrons. The maximum absolute atomic E-state index is 12.4. The van der Waals surface area contributed by atoms with E-state index >= 15 is 0 Å². The maximum atomic E-state index is 12.4. The molecular weight excluding hydrogens is 243 g/mol. The third-order valence-corrected chi connectivity index (χ3v) is 2.48. The lowest BCUT2D eigenvalue weighted by molar-refractivity contribution is -0.278. The van der Waals surface area contributed by atoms with Gasteiger partial charge in [0.25, 0.3) is 0 Å². The van der Waals surface area contributed by atoms with Gasteiger partial charge in [-0.15, -0.1) is 0 Å². The second kappa shape index (κ2) is 4.52. The lowest BCUT2D eigenvalue weighted by atomic mass is 9.91. The molecule has 2 unspecified atom stereocenters. The van der Waals surface area contributed by atoms with Gasteiger partial charge >= 0.3 is 12.1 Å². The first-order valence-electron chi connectivity index (χ1n) is 4.99. The predicted octanol–water partition coefficient (Wildman–Crippen LogP) is 0.327. The molecular formula is C9H12F3NO4. The van der Waals surface area contributed by atoms with Crippen LogP contribution in [0.2, 0.25) is 0 Å². The Bertz CT molecular complexity index is 331. The number of hydrogen-bond donors (Lipinski definition) is 2. The first-order valence-corrected chi connectivity index (χ1v) is 4.99. The number of carbonyl (C=O) groups excluding carboxylic acids is 2. The molecule has 2 N–H and O–H groups in total. The Balaban J connectivity index is 2.74. The summed E-state index contributed by atoms with van der Waals surface area (Å²) in [6.45, 7) is 1.55. The first-order chi connectivity index (χ1) is 7.71. The van der Waals surface area contributed by atoms with Crippen molar-refractivity contribution >= 4 is 11.9 Å². The van der Waals surface area contributed by atoms with Gasteiger partial charge in [0.2, 0.25) is 11.6 Å². The van der Waals surface area contributed by atoms with E-state index in [2.05, 4.69) is 4.74 Å². The number of hydrogen-bond acceptors (Lipinski definition) is 4. The van der Waals surface area contributed by atoms with Crippen molar-refractivity contribution in [2.75, 3.05) is 6.61 Å². The number of halogens is 3. The molecule has 1 aliphatic heterocycles. The fourth-order valence-electron chi connectivity index (χ4n) is 1.52. The van der Waals surface area contributed by atoms with Crippen molar-refractivity contribution in [3.05, 3.63) is 0 Å². The highest BCUT2D eigenvalue weighted by Gasteiger charge is 2.58. The normalized spacial score (nSPS) is 29.7. The van der Waals surface area contributed by atoms with E-state index in [0.29, 0.717) is 0 Å². The largest absolute Gasteiger partial charge is 0.465 e. The summed E-state index contributed by atoms with van der Waals surface area (Å²) in [5.41, 5.74) is -3.26. The van der Waals surface area contributed by atoms with E-state index in [9.17, 15) is 27.9 Å². The standard InChI is InChI=1S/C9H12F3NO4/c1-2-17-7(15)5-3-4-8(16,9(10,11)12)13-6(5)14/h5,16H,2-4H2,1H3,(H,13,14). The Kier molecular flexibility index (Phi) is 3.65. The smallest absolute Gasteiger partial charge is 0.436 e. The SMILES string of the molecule is CCOC(=O)C1CCC(O)(C(F)(F)F)NC1=O. The molecule has 0 aliphatic carbocycles. The molecule has 0 spiro atoms. The monoisotopic (exact) mass is 255 g/mol. The van der Waals surface area contributed by atoms with Crippen molar-refractivity contribution in [1.29, 1.82) is 0 Å². The summed E-state index contributed by atoms with van der Waals surface area (Å²) in [4.78, 5) is 22.5. The van der Waals surface area contributed by atoms with Crippen LogP contribution in [0.15, 0.2) is 0 Å². The Morgan fingerprint density at radius 3 is 2.65 bits per heavy atom. The van der Waals surface area contributed by atoms with Crippen LogP contribution in [0.25, 0.3) is 0 Å². The minimum Gasteiger partial charge on any atom is -0.465 e. The zero-order valence-electron chi connectivity index (χ0n) is 9.00. The quantitative estimate of drug-likeness (QED) is 0.550. The van der Waals surface area contributed by atoms with E-state index in [1.807, 2.05) is 0 Å². The molecule has 8 heteroatoms. The first kappa shape index (κ1) is 13.8. The van der Waals surface area contributed by atoms with E-state index < -0.39 is 42.5 Å². The molecule has 1 saturated heterocycles. The number of esters is 1. The fraction of sp³-hybridized carbons (Fsp3) is 0.778. The number of rotatable bonds is 2. The van der Waals surface area contributed by atoms with Crippen LogP contribution in [-0.2, 0) is 14.3 Å². The van der Waals surface area contributed by atoms with Gasteiger partial charge in [0.05, 0.1) is 6.61 Å². The van der Waals surface area contributed by atoms with Crippen LogP contribution >= 0.6 is 0 Å². The van der Waals surface area contributed by atoms with Gasteiger partial charge in [0, 0.05) is 6.42 Å². The van der Waals surface area contributed by atoms with Crippen molar-refractivity contribution in [3.8, 4) is 0 Å². The van der Waals surface area contributed by atoms with Gasteiger partial charge < -0.3 is 15.2 Å². The summed E-state index contributed by atoms with van der Waals surface area (Å²) in [6.07, 6.45) is -6.14. The van der Waals surface area contributed by atoms with Gasteiger partial charge in [-0.3, -0.25) is 9.59 Å². The van der Waals surface area contributed by atoms with Gasteiger partial charge in [0.1, 0.15) is 5.92 Å². The molecule has 1 rings (SSSR count). The molecule has 1 fully saturated rings. The molecule has 1 amide bonds. The van der Waals surface area contributed by atoms with Crippen LogP contribution in [0.4, 0.5) is 13.2 Å². The minimum atomic E-state index is -4.97. The van der Waals surface area contributed by atoms with E-state index in [-0.39, 0.29) is 6.61 Å². The van der Waals surface area contributed by atoms with Crippen LogP contribution in [0.3, 0.4) is 0 Å². The van der Waals surface area contributed by atoms with Crippen LogP contribution in [-0.4, -0.2) is 35.5 Å². The van der Waals surface area contributed by atoms with Crippen LogP contribution in [0.5, 0.6) is 0 Å². The number of nitrogens with one attached hydrogen (secondary N) is 1. The summed E-state index contributed by atoms with van der Waals surface area (Å²) in [5, 5.41) is 10.6. The number of alkyl halides is 3. The van der Waals surface area contributed by atoms with Crippen molar-refractivity contribution in [3.63, 3.8) is 0 Å². The van der Waals surface area contributed by atoms with Gasteiger partial charge in [0.15, 0.2) is 0 Å². The van der Waals surface area contributed by atoms with Gasteiger partial charge in [-0.2, -0.15) is 13.2 Å². The zero-order valence-corrected chi connectivity index (χ0v) is 9.00. The molecule has 5 nitrogen and oxygen atoms in total. The fourth-order valence-corrected chi connectivity index (χ4v) is 1.52. The Morgan fingerprint density at radius 2 is 2.24 bits per heavy atom. The van der Waals surface area contributed by atoms with E-state index in [0.717, 1.165) is 0 Å². The highest BCUT2D eigenvalue weighted by molar-refractivity contribution is 5.98. The molecule has 2 atom stereocenters. The number of ether oxygens (including phenoxy) is 1. The number of amides is 1. The molecule has 1 aliphatic rings. The van der Waals surface area contributed by atoms with E-state index in [1.54, 1.807) is 0 Å². The van der Waals surface area contributed by atoms with Crippen molar-refractivity contribution in [1.82, 2.24) is 5.32 Å². The number of aliphatic hydroxyl groups is 1. The number of carbonyl (C=O) groups is 2. The topological polar surface area (TPSA) is 75.6 Å². The lowest BCUT2D eigenvalue weighted by Crippen LogP contribution is -2.63. The highest BCUT2D eigenvalue weighted by atomic mass is 19.4. The highest BCUT2D eigenvalue weighted by Crippen LogP contribution is 2.36. The molecule has 1 heterocycles. The molecule has 0 bridgehead atoms. The number of piperidine rings is 1. The molecule has 0 aromatic carbocycles. The third-order valence-electron chi connectivity index (χ3n) is 2.48. The molecule has 0 aromatic rings. The van der Waals surface area contributed by atoms with Crippen molar-refractivity contribution in [2.24, 2.45) is 5.92 Å². The van der Waals surface area contributed by atoms with Crippen LogP contribution in [0, 0.1) is 5.92 Å². The summed E-state index contributed by atoms with van der Waals surface area (Å²) in [7, 11) is 0. The molecule has 17 heavy (non-hydrogen) atoms. The summed E-state index contributed by atoms with van der Waals surface area (Å²) < 4.78 is 41.7. The second-order valence-electron chi connectivity index (χ2n) is 3.69. The van der Waals surface area contributed by atoms with Gasteiger partial charge in [-0.25, -0.2) is 0 Å². The Hall–Kier alpha value is -1.31. The average molecular weight is 255 g/mol. The van der Waals surface area contributed by atoms with Gasteiger partial charge in [-0.1, -0.05) is 0 Å². The van der Waals surface area contributed by atoms with Crippen molar-refractivity contribution in [2.45, 2.75) is 31.7 Å². The summed E-state index contributed by atoms with van der Waals surface area (Å²) in [5.74, 6) is -3.35. The van der Waals surface area contributed by atoms with Crippen LogP contribution < -0.4 is 5.32 Å². The van der Waals surface area contributed by atoms with E-state index in [4.69, 9.17) is 0 Å². The van der Waals surface area contributed by atoms with E-state index in [1.165, 1.54) is 12.2 Å².